The van der Waals surface area contributed by atoms with E-state index in [1.807, 2.05) is 0 Å². The second kappa shape index (κ2) is 7.01. The Kier molecular flexibility index (Phi) is 5.30. The zero-order valence-corrected chi connectivity index (χ0v) is 17.7. The van der Waals surface area contributed by atoms with E-state index in [-0.39, 0.29) is 5.04 Å². The molecule has 3 rings (SSSR count). The largest absolute Gasteiger partial charge is 0.412 e. The Morgan fingerprint density at radius 1 is 1.12 bits per heavy atom. The summed E-state index contributed by atoms with van der Waals surface area (Å²) in [5, 5.41) is 0.270. The van der Waals surface area contributed by atoms with Crippen LogP contribution >= 0.6 is 0 Å². The molecule has 3 atom stereocenters. The fourth-order valence-electron chi connectivity index (χ4n) is 4.13. The standard InChI is InChI=1S/C22H35NOSi/c1-17-12-13-20-21(24-25(5,6)22(2,3)4)15-14-19(17)23(20)16-18-10-8-7-9-11-18/h7-11,19-21H,1,12-16H2,2-6H3/t19-,20-,21-/m0/s1. The maximum Gasteiger partial charge on any atom is 0.192 e. The highest BCUT2D eigenvalue weighted by Gasteiger charge is 2.46. The summed E-state index contributed by atoms with van der Waals surface area (Å²) in [6, 6.07) is 12.0. The summed E-state index contributed by atoms with van der Waals surface area (Å²) in [7, 11) is -1.74. The third-order valence-electron chi connectivity index (χ3n) is 6.67. The van der Waals surface area contributed by atoms with Gasteiger partial charge >= 0.3 is 0 Å². The van der Waals surface area contributed by atoms with Crippen LogP contribution in [-0.2, 0) is 11.0 Å². The second-order valence-corrected chi connectivity index (χ2v) is 14.2. The Labute approximate surface area is 155 Å². The number of hydrogen-bond acceptors (Lipinski definition) is 2. The van der Waals surface area contributed by atoms with Crippen molar-refractivity contribution in [3.05, 3.63) is 48.0 Å². The molecular weight excluding hydrogens is 322 g/mol. The van der Waals surface area contributed by atoms with E-state index >= 15 is 0 Å². The first kappa shape index (κ1) is 18.9. The van der Waals surface area contributed by atoms with Crippen molar-refractivity contribution in [1.82, 2.24) is 4.90 Å². The van der Waals surface area contributed by atoms with Gasteiger partial charge < -0.3 is 4.43 Å². The number of piperidine rings is 2. The van der Waals surface area contributed by atoms with E-state index in [4.69, 9.17) is 4.43 Å². The predicted octanol–water partition coefficient (Wildman–Crippen LogP) is 5.76. The van der Waals surface area contributed by atoms with E-state index in [1.165, 1.54) is 30.4 Å². The van der Waals surface area contributed by atoms with Crippen molar-refractivity contribution in [3.8, 4) is 0 Å². The Bertz CT molecular complexity index is 604. The normalized spacial score (nSPS) is 28.2. The first-order chi connectivity index (χ1) is 11.7. The van der Waals surface area contributed by atoms with Crippen LogP contribution in [0, 0.1) is 0 Å². The summed E-state index contributed by atoms with van der Waals surface area (Å²) >= 11 is 0. The summed E-state index contributed by atoms with van der Waals surface area (Å²) in [6.07, 6.45) is 5.13. The van der Waals surface area contributed by atoms with Crippen LogP contribution < -0.4 is 0 Å². The van der Waals surface area contributed by atoms with Crippen LogP contribution in [0.25, 0.3) is 0 Å². The van der Waals surface area contributed by atoms with Crippen LogP contribution in [0.15, 0.2) is 42.5 Å². The molecule has 2 fully saturated rings. The molecule has 2 bridgehead atoms. The zero-order valence-electron chi connectivity index (χ0n) is 16.7. The van der Waals surface area contributed by atoms with E-state index in [0.29, 0.717) is 18.2 Å². The highest BCUT2D eigenvalue weighted by atomic mass is 28.4. The molecule has 3 heteroatoms. The Balaban J connectivity index is 1.80. The van der Waals surface area contributed by atoms with Gasteiger partial charge in [0.2, 0.25) is 0 Å². The minimum absolute atomic E-state index is 0.270. The summed E-state index contributed by atoms with van der Waals surface area (Å²) in [5.41, 5.74) is 2.83. The summed E-state index contributed by atoms with van der Waals surface area (Å²) in [6.45, 7) is 17.2. The van der Waals surface area contributed by atoms with Gasteiger partial charge in [0.25, 0.3) is 0 Å². The van der Waals surface area contributed by atoms with Gasteiger partial charge in [0.1, 0.15) is 0 Å². The topological polar surface area (TPSA) is 12.5 Å². The monoisotopic (exact) mass is 357 g/mol. The molecule has 0 N–H and O–H groups in total. The van der Waals surface area contributed by atoms with Gasteiger partial charge in [0, 0.05) is 18.6 Å². The smallest absolute Gasteiger partial charge is 0.192 e. The Morgan fingerprint density at radius 2 is 1.80 bits per heavy atom. The van der Waals surface area contributed by atoms with Gasteiger partial charge in [-0.05, 0) is 49.4 Å². The van der Waals surface area contributed by atoms with Crippen molar-refractivity contribution in [2.24, 2.45) is 0 Å². The molecule has 2 heterocycles. The first-order valence-electron chi connectivity index (χ1n) is 9.84. The van der Waals surface area contributed by atoms with Crippen molar-refractivity contribution in [2.45, 2.75) is 89.3 Å². The lowest BCUT2D eigenvalue weighted by atomic mass is 9.80. The van der Waals surface area contributed by atoms with E-state index in [1.54, 1.807) is 0 Å². The third-order valence-corrected chi connectivity index (χ3v) is 11.2. The summed E-state index contributed by atoms with van der Waals surface area (Å²) in [4.78, 5) is 2.70. The lowest BCUT2D eigenvalue weighted by molar-refractivity contribution is -0.0275. The molecule has 0 amide bonds. The van der Waals surface area contributed by atoms with Gasteiger partial charge in [-0.25, -0.2) is 0 Å². The lowest BCUT2D eigenvalue weighted by Gasteiger charge is -2.53. The van der Waals surface area contributed by atoms with Gasteiger partial charge in [0.15, 0.2) is 8.32 Å². The average Bonchev–Trinajstić information content (AvgIpc) is 2.52. The minimum Gasteiger partial charge on any atom is -0.412 e. The van der Waals surface area contributed by atoms with Gasteiger partial charge in [-0.3, -0.25) is 4.90 Å². The molecule has 0 spiro atoms. The van der Waals surface area contributed by atoms with Crippen LogP contribution in [-0.4, -0.2) is 31.4 Å². The molecular formula is C22H35NOSi. The first-order valence-corrected chi connectivity index (χ1v) is 12.7. The van der Waals surface area contributed by atoms with E-state index in [9.17, 15) is 0 Å². The van der Waals surface area contributed by atoms with E-state index in [0.717, 1.165) is 13.0 Å². The van der Waals surface area contributed by atoms with Crippen molar-refractivity contribution in [2.75, 3.05) is 0 Å². The fraction of sp³-hybridized carbons (Fsp3) is 0.636. The molecule has 0 aromatic heterocycles. The minimum atomic E-state index is -1.74. The predicted molar refractivity (Wildman–Crippen MR) is 109 cm³/mol. The van der Waals surface area contributed by atoms with Crippen molar-refractivity contribution >= 4 is 8.32 Å². The highest BCUT2D eigenvalue weighted by molar-refractivity contribution is 6.74. The van der Waals surface area contributed by atoms with Gasteiger partial charge in [-0.15, -0.1) is 0 Å². The van der Waals surface area contributed by atoms with Gasteiger partial charge in [-0.1, -0.05) is 63.3 Å². The van der Waals surface area contributed by atoms with Crippen LogP contribution in [0.1, 0.15) is 52.0 Å². The van der Waals surface area contributed by atoms with Crippen molar-refractivity contribution in [1.29, 1.82) is 0 Å². The molecule has 2 aliphatic heterocycles. The number of nitrogens with zero attached hydrogens (tertiary/aromatic N) is 1. The third kappa shape index (κ3) is 3.94. The van der Waals surface area contributed by atoms with Crippen LogP contribution in [0.4, 0.5) is 0 Å². The van der Waals surface area contributed by atoms with Gasteiger partial charge in [-0.2, -0.15) is 0 Å². The Hall–Kier alpha value is -0.903. The molecule has 138 valence electrons. The summed E-state index contributed by atoms with van der Waals surface area (Å²) < 4.78 is 6.90. The molecule has 2 nitrogen and oxygen atoms in total. The SMILES string of the molecule is C=C1CC[C@H]2[C@@H](O[Si](C)(C)C(C)(C)C)CC[C@@H]1N2Cc1ccccc1. The van der Waals surface area contributed by atoms with Crippen LogP contribution in [0.2, 0.25) is 18.1 Å². The quantitative estimate of drug-likeness (QED) is 0.502. The molecule has 0 aliphatic carbocycles. The maximum atomic E-state index is 6.90. The highest BCUT2D eigenvalue weighted by Crippen LogP contribution is 2.43. The maximum absolute atomic E-state index is 6.90. The van der Waals surface area contributed by atoms with E-state index in [2.05, 4.69) is 75.7 Å². The molecule has 1 aromatic carbocycles. The number of fused-ring (bicyclic) bond motifs is 2. The number of benzene rings is 1. The Morgan fingerprint density at radius 3 is 2.44 bits per heavy atom. The van der Waals surface area contributed by atoms with Crippen molar-refractivity contribution in [3.63, 3.8) is 0 Å². The van der Waals surface area contributed by atoms with Gasteiger partial charge in [0.05, 0.1) is 6.10 Å². The van der Waals surface area contributed by atoms with Crippen LogP contribution in [0.5, 0.6) is 0 Å². The zero-order chi connectivity index (χ0) is 18.2. The average molecular weight is 358 g/mol. The van der Waals surface area contributed by atoms with E-state index < -0.39 is 8.32 Å². The molecule has 0 unspecified atom stereocenters. The lowest BCUT2D eigenvalue weighted by Crippen LogP contribution is -2.59. The number of rotatable bonds is 4. The van der Waals surface area contributed by atoms with Crippen LogP contribution in [0.3, 0.4) is 0 Å². The second-order valence-electron chi connectivity index (χ2n) is 9.43. The number of hydrogen-bond donors (Lipinski definition) is 0. The molecule has 0 saturated carbocycles. The molecule has 0 radical (unpaired) electrons. The molecule has 2 saturated heterocycles. The molecule has 25 heavy (non-hydrogen) atoms. The molecule has 2 aliphatic rings. The summed E-state index contributed by atoms with van der Waals surface area (Å²) in [5.74, 6) is 0. The molecule has 1 aromatic rings. The fourth-order valence-corrected chi connectivity index (χ4v) is 5.52. The van der Waals surface area contributed by atoms with Crippen molar-refractivity contribution < 1.29 is 4.43 Å².